The van der Waals surface area contributed by atoms with E-state index < -0.39 is 0 Å². The number of halogens is 1. The molecule has 0 heterocycles. The highest BCUT2D eigenvalue weighted by Gasteiger charge is 2.04. The van der Waals surface area contributed by atoms with E-state index in [-0.39, 0.29) is 5.91 Å². The van der Waals surface area contributed by atoms with E-state index in [0.717, 1.165) is 23.5 Å². The lowest BCUT2D eigenvalue weighted by Gasteiger charge is -2.07. The number of hydrogen-bond donors (Lipinski definition) is 1. The van der Waals surface area contributed by atoms with Crippen molar-refractivity contribution in [3.63, 3.8) is 0 Å². The summed E-state index contributed by atoms with van der Waals surface area (Å²) in [7, 11) is 0. The van der Waals surface area contributed by atoms with Crippen molar-refractivity contribution in [3.05, 3.63) is 71.3 Å². The first-order valence-corrected chi connectivity index (χ1v) is 12.2. The quantitative estimate of drug-likeness (QED) is 0.162. The lowest BCUT2D eigenvalue weighted by atomic mass is 10.1. The van der Waals surface area contributed by atoms with E-state index in [4.69, 9.17) is 21.1 Å². The van der Waals surface area contributed by atoms with Crippen molar-refractivity contribution in [1.29, 1.82) is 0 Å². The fourth-order valence-electron chi connectivity index (χ4n) is 3.19. The number of hydrazone groups is 1. The van der Waals surface area contributed by atoms with Crippen LogP contribution >= 0.6 is 11.6 Å². The Balaban J connectivity index is 1.65. The Labute approximate surface area is 202 Å². The van der Waals surface area contributed by atoms with E-state index in [1.165, 1.54) is 50.5 Å². The molecule has 2 aromatic carbocycles. The predicted molar refractivity (Wildman–Crippen MR) is 137 cm³/mol. The van der Waals surface area contributed by atoms with Crippen LogP contribution in [0.4, 0.5) is 0 Å². The van der Waals surface area contributed by atoms with Crippen molar-refractivity contribution in [2.24, 2.45) is 5.10 Å². The first-order valence-electron chi connectivity index (χ1n) is 11.8. The summed E-state index contributed by atoms with van der Waals surface area (Å²) in [6.07, 6.45) is 13.5. The van der Waals surface area contributed by atoms with Gasteiger partial charge in [0.05, 0.1) is 12.8 Å². The molecule has 2 aromatic rings. The molecule has 178 valence electrons. The Morgan fingerprint density at radius 1 is 0.879 bits per heavy atom. The van der Waals surface area contributed by atoms with Gasteiger partial charge in [0.2, 0.25) is 0 Å². The maximum absolute atomic E-state index is 12.3. The molecule has 0 aliphatic rings. The van der Waals surface area contributed by atoms with Gasteiger partial charge in [-0.1, -0.05) is 63.5 Å². The predicted octanol–water partition coefficient (Wildman–Crippen LogP) is 7.10. The summed E-state index contributed by atoms with van der Waals surface area (Å²) in [5.74, 6) is 1.24. The molecule has 0 fully saturated rings. The number of hydrogen-bond acceptors (Lipinski definition) is 4. The van der Waals surface area contributed by atoms with Gasteiger partial charge in [0, 0.05) is 11.1 Å². The highest BCUT2D eigenvalue weighted by molar-refractivity contribution is 6.25. The minimum absolute atomic E-state index is 0.270. The minimum atomic E-state index is -0.270. The van der Waals surface area contributed by atoms with Crippen molar-refractivity contribution in [3.8, 4) is 11.5 Å². The van der Waals surface area contributed by atoms with E-state index in [2.05, 4.69) is 17.5 Å². The van der Waals surface area contributed by atoms with Gasteiger partial charge in [0.25, 0.3) is 5.91 Å². The number of unbranched alkanes of at least 4 members (excludes halogenated alkanes) is 7. The number of benzene rings is 2. The first kappa shape index (κ1) is 26.5. The summed E-state index contributed by atoms with van der Waals surface area (Å²) in [5, 5.41) is 4.02. The SMILES string of the molecule is CCCCCCCCCCOc1ccc(C(=O)N/N=C\c2ccc(OC/C=C/Cl)cc2)cc1. The van der Waals surface area contributed by atoms with Crippen LogP contribution in [0.5, 0.6) is 11.5 Å². The van der Waals surface area contributed by atoms with Crippen molar-refractivity contribution in [2.45, 2.75) is 58.3 Å². The summed E-state index contributed by atoms with van der Waals surface area (Å²) in [6.45, 7) is 3.36. The topological polar surface area (TPSA) is 59.9 Å². The van der Waals surface area contributed by atoms with E-state index >= 15 is 0 Å². The summed E-state index contributed by atoms with van der Waals surface area (Å²) >= 11 is 5.46. The van der Waals surface area contributed by atoms with Gasteiger partial charge in [-0.05, 0) is 66.6 Å². The van der Waals surface area contributed by atoms with Crippen LogP contribution in [0.3, 0.4) is 0 Å². The second-order valence-electron chi connectivity index (χ2n) is 7.79. The number of amides is 1. The highest BCUT2D eigenvalue weighted by Crippen LogP contribution is 2.14. The zero-order valence-electron chi connectivity index (χ0n) is 19.5. The molecule has 0 aliphatic carbocycles. The number of nitrogens with one attached hydrogen (secondary N) is 1. The first-order chi connectivity index (χ1) is 16.2. The van der Waals surface area contributed by atoms with Gasteiger partial charge in [0.1, 0.15) is 18.1 Å². The largest absolute Gasteiger partial charge is 0.494 e. The molecule has 0 saturated heterocycles. The average molecular weight is 471 g/mol. The summed E-state index contributed by atoms with van der Waals surface area (Å²) in [5.41, 5.74) is 5.34. The van der Waals surface area contributed by atoms with E-state index in [9.17, 15) is 4.79 Å². The number of ether oxygens (including phenoxy) is 2. The average Bonchev–Trinajstić information content (AvgIpc) is 2.84. The Kier molecular flexibility index (Phi) is 13.5. The molecular formula is C27H35ClN2O3. The molecule has 0 aromatic heterocycles. The molecule has 0 radical (unpaired) electrons. The second-order valence-corrected chi connectivity index (χ2v) is 8.04. The second kappa shape index (κ2) is 16.8. The molecule has 1 amide bonds. The van der Waals surface area contributed by atoms with Crippen molar-refractivity contribution >= 4 is 23.7 Å². The molecule has 0 bridgehead atoms. The zero-order valence-corrected chi connectivity index (χ0v) is 20.2. The fraction of sp³-hybridized carbons (Fsp3) is 0.407. The molecule has 0 unspecified atom stereocenters. The van der Waals surface area contributed by atoms with Crippen molar-refractivity contribution < 1.29 is 14.3 Å². The Morgan fingerprint density at radius 2 is 1.48 bits per heavy atom. The summed E-state index contributed by atoms with van der Waals surface area (Å²) in [4.78, 5) is 12.3. The molecule has 5 nitrogen and oxygen atoms in total. The van der Waals surface area contributed by atoms with Crippen molar-refractivity contribution in [1.82, 2.24) is 5.43 Å². The molecule has 33 heavy (non-hydrogen) atoms. The lowest BCUT2D eigenvalue weighted by molar-refractivity contribution is 0.0955. The molecule has 0 saturated carbocycles. The van der Waals surface area contributed by atoms with Crippen LogP contribution in [0.15, 0.2) is 65.2 Å². The lowest BCUT2D eigenvalue weighted by Crippen LogP contribution is -2.17. The number of carbonyl (C=O) groups is 1. The van der Waals surface area contributed by atoms with Gasteiger partial charge in [-0.25, -0.2) is 5.43 Å². The molecule has 2 rings (SSSR count). The third-order valence-corrected chi connectivity index (χ3v) is 5.26. The van der Waals surface area contributed by atoms with Crippen LogP contribution in [-0.4, -0.2) is 25.3 Å². The molecule has 0 atom stereocenters. The normalized spacial score (nSPS) is 11.2. The third-order valence-electron chi connectivity index (χ3n) is 5.08. The maximum atomic E-state index is 12.3. The van der Waals surface area contributed by atoms with Gasteiger partial charge in [-0.3, -0.25) is 4.79 Å². The number of nitrogens with zero attached hydrogens (tertiary/aromatic N) is 1. The maximum Gasteiger partial charge on any atom is 0.271 e. The van der Waals surface area contributed by atoms with Crippen molar-refractivity contribution in [2.75, 3.05) is 13.2 Å². The van der Waals surface area contributed by atoms with Crippen LogP contribution in [0.2, 0.25) is 0 Å². The highest BCUT2D eigenvalue weighted by atomic mass is 35.5. The van der Waals surface area contributed by atoms with Crippen LogP contribution < -0.4 is 14.9 Å². The smallest absolute Gasteiger partial charge is 0.271 e. The molecule has 1 N–H and O–H groups in total. The number of rotatable bonds is 16. The van der Waals surface area contributed by atoms with E-state index in [1.807, 2.05) is 36.4 Å². The summed E-state index contributed by atoms with van der Waals surface area (Å²) < 4.78 is 11.3. The Hall–Kier alpha value is -2.79. The minimum Gasteiger partial charge on any atom is -0.494 e. The van der Waals surface area contributed by atoms with Crippen LogP contribution in [0.25, 0.3) is 0 Å². The Morgan fingerprint density at radius 3 is 2.15 bits per heavy atom. The Bertz CT molecular complexity index is 849. The van der Waals surface area contributed by atoms with E-state index in [1.54, 1.807) is 24.4 Å². The van der Waals surface area contributed by atoms with Crippen LogP contribution in [0.1, 0.15) is 74.2 Å². The third kappa shape index (κ3) is 11.6. The molecule has 0 aliphatic heterocycles. The van der Waals surface area contributed by atoms with Gasteiger partial charge >= 0.3 is 0 Å². The van der Waals surface area contributed by atoms with E-state index in [0.29, 0.717) is 18.8 Å². The molecule has 0 spiro atoms. The summed E-state index contributed by atoms with van der Waals surface area (Å²) in [6, 6.07) is 14.5. The van der Waals surface area contributed by atoms with Gasteiger partial charge in [0.15, 0.2) is 0 Å². The number of carbonyl (C=O) groups excluding carboxylic acids is 1. The standard InChI is InChI=1S/C27H35ClN2O3/c1-2-3-4-5-6-7-8-9-20-32-26-17-13-24(14-18-26)27(31)30-29-22-23-11-15-25(16-12-23)33-21-10-19-28/h10-19,22H,2-9,20-21H2,1H3,(H,30,31)/b19-10+,29-22-. The van der Waals surface area contributed by atoms with Gasteiger partial charge in [-0.15, -0.1) is 0 Å². The fourth-order valence-corrected chi connectivity index (χ4v) is 3.26. The molecular weight excluding hydrogens is 436 g/mol. The van der Waals surface area contributed by atoms with Crippen LogP contribution in [-0.2, 0) is 0 Å². The van der Waals surface area contributed by atoms with Gasteiger partial charge < -0.3 is 9.47 Å². The van der Waals surface area contributed by atoms with Crippen LogP contribution in [0, 0.1) is 0 Å². The zero-order chi connectivity index (χ0) is 23.6. The molecule has 6 heteroatoms. The monoisotopic (exact) mass is 470 g/mol. The van der Waals surface area contributed by atoms with Gasteiger partial charge in [-0.2, -0.15) is 5.10 Å².